The van der Waals surface area contributed by atoms with Gasteiger partial charge in [-0.3, -0.25) is 4.79 Å². The number of aryl methyl sites for hydroxylation is 1. The third kappa shape index (κ3) is 2.93. The lowest BCUT2D eigenvalue weighted by Gasteiger charge is -2.06. The molecule has 3 nitrogen and oxygen atoms in total. The van der Waals surface area contributed by atoms with Gasteiger partial charge in [0.1, 0.15) is 5.82 Å². The Balaban J connectivity index is 2.39. The van der Waals surface area contributed by atoms with E-state index in [9.17, 15) is 17.6 Å². The molecular weight excluding hydrogens is 279 g/mol. The molecule has 0 saturated carbocycles. The van der Waals surface area contributed by atoms with Crippen LogP contribution in [0.2, 0.25) is 0 Å². The van der Waals surface area contributed by atoms with E-state index < -0.39 is 15.7 Å². The molecular formula is C15H13FO3S. The van der Waals surface area contributed by atoms with Gasteiger partial charge in [0, 0.05) is 17.4 Å². The van der Waals surface area contributed by atoms with Gasteiger partial charge < -0.3 is 0 Å². The second kappa shape index (κ2) is 5.17. The number of hydrogen-bond donors (Lipinski definition) is 0. The molecule has 0 aliphatic carbocycles. The molecule has 0 saturated heterocycles. The second-order valence-corrected chi connectivity index (χ2v) is 6.60. The highest BCUT2D eigenvalue weighted by Gasteiger charge is 2.13. The van der Waals surface area contributed by atoms with Crippen molar-refractivity contribution in [2.45, 2.75) is 11.8 Å². The van der Waals surface area contributed by atoms with E-state index in [1.54, 1.807) is 6.92 Å². The number of benzene rings is 2. The lowest BCUT2D eigenvalue weighted by Crippen LogP contribution is -2.05. The smallest absolute Gasteiger partial charge is 0.193 e. The molecule has 0 bridgehead atoms. The van der Waals surface area contributed by atoms with Crippen molar-refractivity contribution < 1.29 is 17.6 Å². The maximum Gasteiger partial charge on any atom is 0.193 e. The summed E-state index contributed by atoms with van der Waals surface area (Å²) in [4.78, 5) is 12.4. The molecule has 0 fully saturated rings. The number of ketones is 1. The van der Waals surface area contributed by atoms with E-state index in [1.165, 1.54) is 42.5 Å². The first-order chi connectivity index (χ1) is 9.29. The van der Waals surface area contributed by atoms with Crippen LogP contribution in [0.3, 0.4) is 0 Å². The summed E-state index contributed by atoms with van der Waals surface area (Å²) < 4.78 is 35.7. The van der Waals surface area contributed by atoms with E-state index in [0.29, 0.717) is 16.7 Å². The number of carbonyl (C=O) groups excluding carboxylic acids is 1. The summed E-state index contributed by atoms with van der Waals surface area (Å²) in [5.41, 5.74) is 1.31. The Hall–Kier alpha value is -2.01. The van der Waals surface area contributed by atoms with Crippen LogP contribution in [0.1, 0.15) is 21.5 Å². The molecule has 0 aliphatic rings. The van der Waals surface area contributed by atoms with E-state index in [0.717, 1.165) is 6.26 Å². The predicted octanol–water partition coefficient (Wildman–Crippen LogP) is 2.77. The normalized spacial score (nSPS) is 11.3. The van der Waals surface area contributed by atoms with Crippen molar-refractivity contribution in [3.63, 3.8) is 0 Å². The standard InChI is InChI=1S/C15H13FO3S/c1-10-9-12(16)5-8-14(10)15(17)11-3-6-13(7-4-11)20(2,18)19/h3-9H,1-2H3. The average molecular weight is 292 g/mol. The molecule has 0 spiro atoms. The molecule has 0 unspecified atom stereocenters. The number of halogens is 1. The van der Waals surface area contributed by atoms with Gasteiger partial charge in [-0.1, -0.05) is 0 Å². The topological polar surface area (TPSA) is 51.2 Å². The summed E-state index contributed by atoms with van der Waals surface area (Å²) in [7, 11) is -3.28. The molecule has 2 aromatic carbocycles. The Labute approximate surface area is 117 Å². The van der Waals surface area contributed by atoms with Crippen LogP contribution in [0.25, 0.3) is 0 Å². The number of hydrogen-bond acceptors (Lipinski definition) is 3. The van der Waals surface area contributed by atoms with Crippen LogP contribution in [0.4, 0.5) is 4.39 Å². The number of sulfone groups is 1. The van der Waals surface area contributed by atoms with Crippen LogP contribution in [-0.4, -0.2) is 20.5 Å². The van der Waals surface area contributed by atoms with Crippen LogP contribution < -0.4 is 0 Å². The van der Waals surface area contributed by atoms with Gasteiger partial charge in [0.05, 0.1) is 4.90 Å². The van der Waals surface area contributed by atoms with Crippen molar-refractivity contribution >= 4 is 15.6 Å². The van der Waals surface area contributed by atoms with E-state index >= 15 is 0 Å². The summed E-state index contributed by atoms with van der Waals surface area (Å²) in [6.45, 7) is 1.65. The van der Waals surface area contributed by atoms with Crippen molar-refractivity contribution in [3.8, 4) is 0 Å². The van der Waals surface area contributed by atoms with Crippen LogP contribution in [0, 0.1) is 12.7 Å². The third-order valence-electron chi connectivity index (χ3n) is 2.98. The van der Waals surface area contributed by atoms with Gasteiger partial charge in [0.15, 0.2) is 15.6 Å². The minimum Gasteiger partial charge on any atom is -0.289 e. The van der Waals surface area contributed by atoms with E-state index in [2.05, 4.69) is 0 Å². The molecule has 2 aromatic rings. The molecule has 0 atom stereocenters. The largest absolute Gasteiger partial charge is 0.289 e. The van der Waals surface area contributed by atoms with E-state index in [-0.39, 0.29) is 10.7 Å². The Morgan fingerprint density at radius 1 is 1.05 bits per heavy atom. The average Bonchev–Trinajstić information content (AvgIpc) is 2.37. The fraction of sp³-hybridized carbons (Fsp3) is 0.133. The van der Waals surface area contributed by atoms with E-state index in [4.69, 9.17) is 0 Å². The Morgan fingerprint density at radius 3 is 2.15 bits per heavy atom. The lowest BCUT2D eigenvalue weighted by atomic mass is 9.99. The molecule has 0 amide bonds. The Kier molecular flexibility index (Phi) is 3.72. The SMILES string of the molecule is Cc1cc(F)ccc1C(=O)c1ccc(S(C)(=O)=O)cc1. The van der Waals surface area contributed by atoms with Gasteiger partial charge in [-0.05, 0) is 55.0 Å². The molecule has 2 rings (SSSR count). The molecule has 0 radical (unpaired) electrons. The predicted molar refractivity (Wildman–Crippen MR) is 74.1 cm³/mol. The fourth-order valence-corrected chi connectivity index (χ4v) is 2.52. The van der Waals surface area contributed by atoms with Crippen molar-refractivity contribution in [3.05, 3.63) is 65.0 Å². The molecule has 5 heteroatoms. The fourth-order valence-electron chi connectivity index (χ4n) is 1.89. The van der Waals surface area contributed by atoms with Gasteiger partial charge in [0.2, 0.25) is 0 Å². The molecule has 0 aliphatic heterocycles. The highest BCUT2D eigenvalue weighted by Crippen LogP contribution is 2.17. The molecule has 0 heterocycles. The summed E-state index contributed by atoms with van der Waals surface area (Å²) in [5.74, 6) is -0.658. The maximum absolute atomic E-state index is 13.0. The van der Waals surface area contributed by atoms with Crippen molar-refractivity contribution in [1.82, 2.24) is 0 Å². The third-order valence-corrected chi connectivity index (χ3v) is 4.11. The minimum absolute atomic E-state index is 0.157. The number of carbonyl (C=O) groups is 1. The van der Waals surface area contributed by atoms with Crippen LogP contribution in [-0.2, 0) is 9.84 Å². The number of rotatable bonds is 3. The highest BCUT2D eigenvalue weighted by atomic mass is 32.2. The zero-order valence-electron chi connectivity index (χ0n) is 11.1. The molecule has 20 heavy (non-hydrogen) atoms. The van der Waals surface area contributed by atoms with Crippen LogP contribution in [0.15, 0.2) is 47.4 Å². The quantitative estimate of drug-likeness (QED) is 0.817. The maximum atomic E-state index is 13.0. The molecule has 0 N–H and O–H groups in total. The first-order valence-corrected chi connectivity index (χ1v) is 7.79. The van der Waals surface area contributed by atoms with Gasteiger partial charge in [-0.25, -0.2) is 12.8 Å². The first-order valence-electron chi connectivity index (χ1n) is 5.90. The first kappa shape index (κ1) is 14.4. The van der Waals surface area contributed by atoms with Gasteiger partial charge >= 0.3 is 0 Å². The Bertz CT molecular complexity index is 762. The minimum atomic E-state index is -3.28. The van der Waals surface area contributed by atoms with Crippen LogP contribution >= 0.6 is 0 Å². The zero-order valence-corrected chi connectivity index (χ0v) is 11.9. The highest BCUT2D eigenvalue weighted by molar-refractivity contribution is 7.90. The van der Waals surface area contributed by atoms with Gasteiger partial charge in [0.25, 0.3) is 0 Å². The van der Waals surface area contributed by atoms with Crippen molar-refractivity contribution in [2.75, 3.05) is 6.26 Å². The van der Waals surface area contributed by atoms with Crippen LogP contribution in [0.5, 0.6) is 0 Å². The summed E-state index contributed by atoms with van der Waals surface area (Å²) in [6.07, 6.45) is 1.11. The Morgan fingerprint density at radius 2 is 1.65 bits per heavy atom. The summed E-state index contributed by atoms with van der Waals surface area (Å²) in [6, 6.07) is 9.65. The van der Waals surface area contributed by atoms with Crippen molar-refractivity contribution in [2.24, 2.45) is 0 Å². The lowest BCUT2D eigenvalue weighted by molar-refractivity contribution is 0.103. The summed E-state index contributed by atoms with van der Waals surface area (Å²) >= 11 is 0. The van der Waals surface area contributed by atoms with Gasteiger partial charge in [-0.2, -0.15) is 0 Å². The van der Waals surface area contributed by atoms with Crippen molar-refractivity contribution in [1.29, 1.82) is 0 Å². The summed E-state index contributed by atoms with van der Waals surface area (Å²) in [5, 5.41) is 0. The second-order valence-electron chi connectivity index (χ2n) is 4.58. The molecule has 104 valence electrons. The monoisotopic (exact) mass is 292 g/mol. The van der Waals surface area contributed by atoms with Gasteiger partial charge in [-0.15, -0.1) is 0 Å². The molecule has 0 aromatic heterocycles. The van der Waals surface area contributed by atoms with E-state index in [1.807, 2.05) is 0 Å². The zero-order chi connectivity index (χ0) is 14.9.